The van der Waals surface area contributed by atoms with Crippen LogP contribution in [-0.2, 0) is 29.5 Å². The summed E-state index contributed by atoms with van der Waals surface area (Å²) in [6.45, 7) is 3.44. The molecule has 2 aromatic carbocycles. The number of amides is 1. The topological polar surface area (TPSA) is 101 Å². The maximum atomic E-state index is 12.7. The lowest BCUT2D eigenvalue weighted by Gasteiger charge is -2.29. The normalized spacial score (nSPS) is 16.4. The first-order chi connectivity index (χ1) is 17.9. The number of hydrogen-bond donors (Lipinski definition) is 1. The fourth-order valence-electron chi connectivity index (χ4n) is 4.77. The predicted molar refractivity (Wildman–Crippen MR) is 142 cm³/mol. The molecular weight excluding hydrogens is 512 g/mol. The summed E-state index contributed by atoms with van der Waals surface area (Å²) in [6.07, 6.45) is 2.67. The molecule has 5 rings (SSSR count). The van der Waals surface area contributed by atoms with E-state index in [1.807, 2.05) is 11.4 Å². The highest BCUT2D eigenvalue weighted by atomic mass is 32.2. The van der Waals surface area contributed by atoms with Crippen LogP contribution in [0.25, 0.3) is 0 Å². The highest BCUT2D eigenvalue weighted by Gasteiger charge is 2.27. The third kappa shape index (κ3) is 5.49. The molecule has 0 atom stereocenters. The summed E-state index contributed by atoms with van der Waals surface area (Å²) in [6, 6.07) is 10.2. The van der Waals surface area contributed by atoms with E-state index in [9.17, 15) is 13.2 Å². The fraction of sp³-hybridized carbons (Fsp3) is 0.385. The van der Waals surface area contributed by atoms with Crippen molar-refractivity contribution >= 4 is 32.4 Å². The molecule has 196 valence electrons. The quantitative estimate of drug-likeness (QED) is 0.463. The van der Waals surface area contributed by atoms with Crippen molar-refractivity contribution in [1.29, 1.82) is 0 Å². The Hall–Kier alpha value is -2.99. The molecule has 0 spiro atoms. The van der Waals surface area contributed by atoms with Crippen molar-refractivity contribution in [2.45, 2.75) is 37.2 Å². The number of thiazole rings is 1. The summed E-state index contributed by atoms with van der Waals surface area (Å²) >= 11 is 1.37. The molecule has 1 amide bonds. The fourth-order valence-corrected chi connectivity index (χ4v) is 6.98. The second kappa shape index (κ2) is 10.8. The van der Waals surface area contributed by atoms with Crippen LogP contribution in [-0.4, -0.2) is 62.4 Å². The average molecular weight is 543 g/mol. The molecule has 0 unspecified atom stereocenters. The third-order valence-electron chi connectivity index (χ3n) is 6.77. The minimum absolute atomic E-state index is 0.210. The minimum atomic E-state index is -3.50. The Morgan fingerprint density at radius 1 is 1.03 bits per heavy atom. The number of rotatable bonds is 8. The Kier molecular flexibility index (Phi) is 7.47. The Labute approximate surface area is 221 Å². The highest BCUT2D eigenvalue weighted by molar-refractivity contribution is 7.89. The summed E-state index contributed by atoms with van der Waals surface area (Å²) in [7, 11) is -0.218. The number of fused-ring (bicyclic) bond motifs is 1. The number of carbonyl (C=O) groups is 1. The molecule has 0 aliphatic carbocycles. The van der Waals surface area contributed by atoms with Crippen molar-refractivity contribution < 1.29 is 22.7 Å². The molecule has 1 N–H and O–H groups in total. The van der Waals surface area contributed by atoms with Gasteiger partial charge in [-0.1, -0.05) is 0 Å². The lowest BCUT2D eigenvalue weighted by Crippen LogP contribution is -2.30. The van der Waals surface area contributed by atoms with Crippen molar-refractivity contribution in [3.05, 3.63) is 64.2 Å². The Bertz CT molecular complexity index is 1380. The van der Waals surface area contributed by atoms with Gasteiger partial charge in [-0.2, -0.15) is 4.31 Å². The van der Waals surface area contributed by atoms with E-state index in [1.165, 1.54) is 38.9 Å². The van der Waals surface area contributed by atoms with Gasteiger partial charge < -0.3 is 9.47 Å². The molecule has 2 aliphatic rings. The summed E-state index contributed by atoms with van der Waals surface area (Å²) in [5.41, 5.74) is 3.74. The molecule has 2 aliphatic heterocycles. The zero-order valence-corrected chi connectivity index (χ0v) is 22.5. The highest BCUT2D eigenvalue weighted by Crippen LogP contribution is 2.33. The second-order valence-corrected chi connectivity index (χ2v) is 12.0. The van der Waals surface area contributed by atoms with Gasteiger partial charge in [0.15, 0.2) is 16.6 Å². The maximum Gasteiger partial charge on any atom is 0.257 e. The number of methoxy groups -OCH3 is 2. The van der Waals surface area contributed by atoms with Gasteiger partial charge in [0, 0.05) is 43.7 Å². The lowest BCUT2D eigenvalue weighted by atomic mass is 9.98. The third-order valence-corrected chi connectivity index (χ3v) is 9.49. The zero-order valence-electron chi connectivity index (χ0n) is 20.9. The van der Waals surface area contributed by atoms with E-state index >= 15 is 0 Å². The van der Waals surface area contributed by atoms with E-state index in [0.29, 0.717) is 30.3 Å². The summed E-state index contributed by atoms with van der Waals surface area (Å²) < 4.78 is 37.8. The van der Waals surface area contributed by atoms with E-state index < -0.39 is 10.0 Å². The van der Waals surface area contributed by atoms with Gasteiger partial charge >= 0.3 is 0 Å². The van der Waals surface area contributed by atoms with Crippen LogP contribution in [0.5, 0.6) is 11.5 Å². The first-order valence-corrected chi connectivity index (χ1v) is 14.5. The number of ether oxygens (including phenoxy) is 2. The lowest BCUT2D eigenvalue weighted by molar-refractivity contribution is 0.102. The van der Waals surface area contributed by atoms with Crippen molar-refractivity contribution in [3.8, 4) is 11.5 Å². The molecule has 0 saturated carbocycles. The first kappa shape index (κ1) is 25.7. The van der Waals surface area contributed by atoms with E-state index in [2.05, 4.69) is 21.3 Å². The van der Waals surface area contributed by atoms with Crippen LogP contribution in [0.1, 0.15) is 40.0 Å². The smallest absolute Gasteiger partial charge is 0.257 e. The van der Waals surface area contributed by atoms with Crippen LogP contribution in [0.3, 0.4) is 0 Å². The number of benzene rings is 2. The number of anilines is 1. The molecule has 0 bridgehead atoms. The number of hydrogen-bond acceptors (Lipinski definition) is 8. The second-order valence-electron chi connectivity index (χ2n) is 9.17. The molecule has 11 heteroatoms. The average Bonchev–Trinajstić information content (AvgIpc) is 3.61. The molecule has 0 radical (unpaired) electrons. The molecular formula is C26H30N4O5S2. The van der Waals surface area contributed by atoms with Crippen LogP contribution in [0.4, 0.5) is 5.13 Å². The van der Waals surface area contributed by atoms with E-state index in [0.717, 1.165) is 49.5 Å². The summed E-state index contributed by atoms with van der Waals surface area (Å²) in [5, 5.41) is 5.29. The summed E-state index contributed by atoms with van der Waals surface area (Å²) in [4.78, 5) is 19.9. The number of carbonyl (C=O) groups excluding carboxylic acids is 1. The zero-order chi connectivity index (χ0) is 26.0. The molecule has 1 saturated heterocycles. The van der Waals surface area contributed by atoms with Gasteiger partial charge in [-0.25, -0.2) is 13.4 Å². The molecule has 1 fully saturated rings. The van der Waals surface area contributed by atoms with Gasteiger partial charge in [0.25, 0.3) is 5.91 Å². The van der Waals surface area contributed by atoms with Crippen LogP contribution in [0.2, 0.25) is 0 Å². The van der Waals surface area contributed by atoms with Gasteiger partial charge in [0.2, 0.25) is 10.0 Å². The van der Waals surface area contributed by atoms with E-state index in [4.69, 9.17) is 9.47 Å². The standard InChI is InChI=1S/C26H30N4O5S2/c1-34-23-13-19-9-12-29(15-20(19)14-24(23)35-2)16-21-17-36-26(27-21)28-25(31)18-5-7-22(8-6-18)37(32,33)30-10-3-4-11-30/h5-8,13-14,17H,3-4,9-12,15-16H2,1-2H3,(H,27,28,31). The van der Waals surface area contributed by atoms with Crippen molar-refractivity contribution in [3.63, 3.8) is 0 Å². The van der Waals surface area contributed by atoms with Gasteiger partial charge in [0.1, 0.15) is 0 Å². The maximum absolute atomic E-state index is 12.7. The minimum Gasteiger partial charge on any atom is -0.493 e. The number of aromatic nitrogens is 1. The van der Waals surface area contributed by atoms with Crippen molar-refractivity contribution in [2.75, 3.05) is 39.2 Å². The molecule has 1 aromatic heterocycles. The monoisotopic (exact) mass is 542 g/mol. The Balaban J connectivity index is 1.20. The van der Waals surface area contributed by atoms with Gasteiger partial charge in [-0.05, 0) is 66.8 Å². The van der Waals surface area contributed by atoms with E-state index in [1.54, 1.807) is 26.4 Å². The largest absolute Gasteiger partial charge is 0.493 e. The van der Waals surface area contributed by atoms with Crippen LogP contribution in [0.15, 0.2) is 46.7 Å². The van der Waals surface area contributed by atoms with Gasteiger partial charge in [-0.15, -0.1) is 11.3 Å². The van der Waals surface area contributed by atoms with Gasteiger partial charge in [-0.3, -0.25) is 15.0 Å². The Morgan fingerprint density at radius 2 is 1.70 bits per heavy atom. The van der Waals surface area contributed by atoms with Crippen molar-refractivity contribution in [1.82, 2.24) is 14.2 Å². The van der Waals surface area contributed by atoms with Crippen LogP contribution in [0, 0.1) is 0 Å². The van der Waals surface area contributed by atoms with Crippen LogP contribution >= 0.6 is 11.3 Å². The van der Waals surface area contributed by atoms with E-state index in [-0.39, 0.29) is 10.8 Å². The van der Waals surface area contributed by atoms with Crippen molar-refractivity contribution in [2.24, 2.45) is 0 Å². The van der Waals surface area contributed by atoms with Crippen LogP contribution < -0.4 is 14.8 Å². The number of sulfonamides is 1. The molecule has 9 nitrogen and oxygen atoms in total. The first-order valence-electron chi connectivity index (χ1n) is 12.2. The van der Waals surface area contributed by atoms with Gasteiger partial charge in [0.05, 0.1) is 24.8 Å². The SMILES string of the molecule is COc1cc2c(cc1OC)CN(Cc1csc(NC(=O)c3ccc(S(=O)(=O)N4CCCC4)cc3)n1)CC2. The molecule has 3 heterocycles. The summed E-state index contributed by atoms with van der Waals surface area (Å²) in [5.74, 6) is 1.15. The molecule has 3 aromatic rings. The predicted octanol–water partition coefficient (Wildman–Crippen LogP) is 3.76. The molecule has 37 heavy (non-hydrogen) atoms. The number of nitrogens with zero attached hydrogens (tertiary/aromatic N) is 3. The Morgan fingerprint density at radius 3 is 2.38 bits per heavy atom. The number of nitrogens with one attached hydrogen (secondary N) is 1.